The average molecular weight is 188 g/mol. The van der Waals surface area contributed by atoms with E-state index in [0.29, 0.717) is 5.56 Å². The lowest BCUT2D eigenvalue weighted by Crippen LogP contribution is -2.24. The van der Waals surface area contributed by atoms with Crippen LogP contribution in [0.5, 0.6) is 0 Å². The zero-order chi connectivity index (χ0) is 9.90. The first-order valence-corrected chi connectivity index (χ1v) is 3.64. The van der Waals surface area contributed by atoms with E-state index in [0.717, 1.165) is 0 Å². The second-order valence-corrected chi connectivity index (χ2v) is 2.58. The maximum Gasteiger partial charge on any atom is 0.450 e. The minimum atomic E-state index is -4.73. The van der Waals surface area contributed by atoms with E-state index in [2.05, 4.69) is 0 Å². The van der Waals surface area contributed by atoms with Crippen LogP contribution in [-0.4, -0.2) is 12.0 Å². The highest BCUT2D eigenvalue weighted by Crippen LogP contribution is 2.18. The molecule has 0 heterocycles. The fourth-order valence-corrected chi connectivity index (χ4v) is 0.881. The van der Waals surface area contributed by atoms with Crippen LogP contribution in [0.2, 0.25) is 0 Å². The van der Waals surface area contributed by atoms with Gasteiger partial charge in [0.05, 0.1) is 0 Å². The van der Waals surface area contributed by atoms with Gasteiger partial charge in [-0.1, -0.05) is 30.3 Å². The number of rotatable bonds is 2. The molecule has 1 nitrogen and oxygen atoms in total. The third-order valence-electron chi connectivity index (χ3n) is 1.52. The van der Waals surface area contributed by atoms with Crippen LogP contribution in [0.3, 0.4) is 0 Å². The molecule has 0 aliphatic rings. The summed E-state index contributed by atoms with van der Waals surface area (Å²) in [5.74, 6) is -1.71. The number of carbonyl (C=O) groups is 1. The minimum absolute atomic E-state index is 0.379. The third kappa shape index (κ3) is 2.89. The van der Waals surface area contributed by atoms with Crippen LogP contribution in [0.1, 0.15) is 5.56 Å². The molecule has 13 heavy (non-hydrogen) atoms. The Balaban J connectivity index is 2.66. The Morgan fingerprint density at radius 2 is 1.69 bits per heavy atom. The van der Waals surface area contributed by atoms with Gasteiger partial charge in [-0.25, -0.2) is 0 Å². The molecule has 0 amide bonds. The topological polar surface area (TPSA) is 17.1 Å². The Kier molecular flexibility index (Phi) is 2.70. The predicted molar refractivity (Wildman–Crippen MR) is 41.2 cm³/mol. The first-order valence-electron chi connectivity index (χ1n) is 3.64. The van der Waals surface area contributed by atoms with E-state index in [1.54, 1.807) is 18.2 Å². The number of alkyl halides is 3. The van der Waals surface area contributed by atoms with E-state index in [1.165, 1.54) is 12.1 Å². The molecule has 0 saturated carbocycles. The molecular weight excluding hydrogens is 181 g/mol. The lowest BCUT2D eigenvalue weighted by molar-refractivity contribution is -0.170. The first-order chi connectivity index (χ1) is 6.00. The highest BCUT2D eigenvalue weighted by molar-refractivity contribution is 5.86. The van der Waals surface area contributed by atoms with Gasteiger partial charge in [-0.05, 0) is 5.56 Å². The van der Waals surface area contributed by atoms with Crippen molar-refractivity contribution in [1.82, 2.24) is 0 Å². The van der Waals surface area contributed by atoms with Gasteiger partial charge in [0.15, 0.2) is 0 Å². The summed E-state index contributed by atoms with van der Waals surface area (Å²) < 4.78 is 35.4. The number of Topliss-reactive ketones (excluding diaryl/α,β-unsaturated/α-hetero) is 1. The molecule has 0 saturated heterocycles. The van der Waals surface area contributed by atoms with Gasteiger partial charge < -0.3 is 0 Å². The summed E-state index contributed by atoms with van der Waals surface area (Å²) in [5, 5.41) is 0. The number of benzene rings is 1. The molecule has 0 aromatic heterocycles. The van der Waals surface area contributed by atoms with Crippen molar-refractivity contribution in [2.24, 2.45) is 0 Å². The van der Waals surface area contributed by atoms with Crippen LogP contribution in [0.4, 0.5) is 13.2 Å². The van der Waals surface area contributed by atoms with Gasteiger partial charge in [0, 0.05) is 6.42 Å². The molecule has 0 atom stereocenters. The standard InChI is InChI=1S/C9H7F3O/c10-9(11,12)8(13)6-7-4-2-1-3-5-7/h1-5H,6H2. The number of carbonyl (C=O) groups excluding carboxylic acids is 1. The predicted octanol–water partition coefficient (Wildman–Crippen LogP) is 2.36. The first kappa shape index (κ1) is 9.77. The molecule has 0 spiro atoms. The number of halogens is 3. The Hall–Kier alpha value is -1.32. The molecule has 0 radical (unpaired) electrons. The van der Waals surface area contributed by atoms with E-state index in [4.69, 9.17) is 0 Å². The largest absolute Gasteiger partial charge is 0.450 e. The molecule has 0 aliphatic carbocycles. The normalized spacial score (nSPS) is 11.3. The Morgan fingerprint density at radius 1 is 1.15 bits per heavy atom. The quantitative estimate of drug-likeness (QED) is 0.696. The lowest BCUT2D eigenvalue weighted by Gasteiger charge is -2.04. The van der Waals surface area contributed by atoms with Gasteiger partial charge in [0.25, 0.3) is 0 Å². The van der Waals surface area contributed by atoms with Gasteiger partial charge in [-0.2, -0.15) is 13.2 Å². The van der Waals surface area contributed by atoms with Crippen LogP contribution in [0.25, 0.3) is 0 Å². The summed E-state index contributed by atoms with van der Waals surface area (Å²) >= 11 is 0. The SMILES string of the molecule is O=C(Cc1ccccc1)C(F)(F)F. The maximum absolute atomic E-state index is 11.8. The molecule has 4 heteroatoms. The molecule has 0 bridgehead atoms. The number of hydrogen-bond acceptors (Lipinski definition) is 1. The van der Waals surface area contributed by atoms with Gasteiger partial charge >= 0.3 is 6.18 Å². The van der Waals surface area contributed by atoms with Crippen LogP contribution < -0.4 is 0 Å². The van der Waals surface area contributed by atoms with Crippen molar-refractivity contribution in [2.45, 2.75) is 12.6 Å². The molecule has 1 aromatic rings. The summed E-state index contributed by atoms with van der Waals surface area (Å²) in [5.41, 5.74) is 0.379. The zero-order valence-corrected chi connectivity index (χ0v) is 6.64. The Labute approximate surface area is 73.2 Å². The van der Waals surface area contributed by atoms with E-state index in [-0.39, 0.29) is 0 Å². The summed E-state index contributed by atoms with van der Waals surface area (Å²) in [6.45, 7) is 0. The zero-order valence-electron chi connectivity index (χ0n) is 6.64. The van der Waals surface area contributed by atoms with E-state index >= 15 is 0 Å². The highest BCUT2D eigenvalue weighted by atomic mass is 19.4. The summed E-state index contributed by atoms with van der Waals surface area (Å²) in [4.78, 5) is 10.5. The number of ketones is 1. The second-order valence-electron chi connectivity index (χ2n) is 2.58. The van der Waals surface area contributed by atoms with Gasteiger partial charge in [0.1, 0.15) is 0 Å². The van der Waals surface area contributed by atoms with Gasteiger partial charge in [0.2, 0.25) is 5.78 Å². The molecule has 0 unspecified atom stereocenters. The van der Waals surface area contributed by atoms with Crippen molar-refractivity contribution < 1.29 is 18.0 Å². The van der Waals surface area contributed by atoms with E-state index in [9.17, 15) is 18.0 Å². The lowest BCUT2D eigenvalue weighted by atomic mass is 10.1. The summed E-state index contributed by atoms with van der Waals surface area (Å²) in [6, 6.07) is 7.85. The van der Waals surface area contributed by atoms with Crippen LogP contribution in [0, 0.1) is 0 Å². The third-order valence-corrected chi connectivity index (χ3v) is 1.52. The van der Waals surface area contributed by atoms with Gasteiger partial charge in [-0.15, -0.1) is 0 Å². The van der Waals surface area contributed by atoms with Crippen molar-refractivity contribution in [3.8, 4) is 0 Å². The van der Waals surface area contributed by atoms with Crippen molar-refractivity contribution in [3.63, 3.8) is 0 Å². The fourth-order valence-electron chi connectivity index (χ4n) is 0.881. The van der Waals surface area contributed by atoms with E-state index < -0.39 is 18.4 Å². The minimum Gasteiger partial charge on any atom is -0.289 e. The van der Waals surface area contributed by atoms with Crippen LogP contribution in [0.15, 0.2) is 30.3 Å². The molecule has 70 valence electrons. The fraction of sp³-hybridized carbons (Fsp3) is 0.222. The smallest absolute Gasteiger partial charge is 0.289 e. The molecule has 0 N–H and O–H groups in total. The average Bonchev–Trinajstić information content (AvgIpc) is 2.04. The van der Waals surface area contributed by atoms with E-state index in [1.807, 2.05) is 0 Å². The van der Waals surface area contributed by atoms with Crippen molar-refractivity contribution >= 4 is 5.78 Å². The van der Waals surface area contributed by atoms with Crippen molar-refractivity contribution in [3.05, 3.63) is 35.9 Å². The summed E-state index contributed by atoms with van der Waals surface area (Å²) in [6.07, 6.45) is -5.31. The number of hydrogen-bond donors (Lipinski definition) is 0. The van der Waals surface area contributed by atoms with Crippen molar-refractivity contribution in [1.29, 1.82) is 0 Å². The second kappa shape index (κ2) is 3.60. The van der Waals surface area contributed by atoms with Crippen LogP contribution in [-0.2, 0) is 11.2 Å². The molecule has 1 aromatic carbocycles. The van der Waals surface area contributed by atoms with Gasteiger partial charge in [-0.3, -0.25) is 4.79 Å². The molecular formula is C9H7F3O. The maximum atomic E-state index is 11.8. The molecule has 0 fully saturated rings. The summed E-state index contributed by atoms with van der Waals surface area (Å²) in [7, 11) is 0. The van der Waals surface area contributed by atoms with Crippen LogP contribution >= 0.6 is 0 Å². The Bertz CT molecular complexity index is 289. The monoisotopic (exact) mass is 188 g/mol. The Morgan fingerprint density at radius 3 is 2.15 bits per heavy atom. The molecule has 1 rings (SSSR count). The van der Waals surface area contributed by atoms with Crippen molar-refractivity contribution in [2.75, 3.05) is 0 Å². The molecule has 0 aliphatic heterocycles. The highest BCUT2D eigenvalue weighted by Gasteiger charge is 2.37.